The Kier molecular flexibility index (Phi) is 8.44. The van der Waals surface area contributed by atoms with Crippen LogP contribution < -0.4 is 19.7 Å². The highest BCUT2D eigenvalue weighted by molar-refractivity contribution is 7.89. The summed E-state index contributed by atoms with van der Waals surface area (Å²) in [6.45, 7) is 8.13. The maximum absolute atomic E-state index is 12.5. The fourth-order valence-electron chi connectivity index (χ4n) is 3.11. The third kappa shape index (κ3) is 7.05. The summed E-state index contributed by atoms with van der Waals surface area (Å²) in [7, 11) is -3.59. The molecule has 0 aliphatic carbocycles. The zero-order valence-electron chi connectivity index (χ0n) is 18.1. The van der Waals surface area contributed by atoms with E-state index in [9.17, 15) is 8.42 Å². The van der Waals surface area contributed by atoms with Gasteiger partial charge in [-0.25, -0.2) is 23.1 Å². The zero-order valence-corrected chi connectivity index (χ0v) is 19.0. The van der Waals surface area contributed by atoms with Gasteiger partial charge in [0, 0.05) is 32.2 Å². The standard InChI is InChI=1S/C21H31N5O4S/c1-3-4-13-30-18-5-7-19(8-6-18)31(27,28)23-10-9-22-20-16-21(25-17(2)24-20)26-11-14-29-15-12-26/h5-8,16,23H,3-4,9-15H2,1-2H3,(H,22,24,25). The Morgan fingerprint density at radius 3 is 2.58 bits per heavy atom. The number of unbranched alkanes of at least 4 members (excludes halogenated alkanes) is 1. The van der Waals surface area contributed by atoms with Gasteiger partial charge < -0.3 is 19.7 Å². The number of anilines is 2. The molecule has 1 saturated heterocycles. The lowest BCUT2D eigenvalue weighted by molar-refractivity contribution is 0.122. The minimum Gasteiger partial charge on any atom is -0.494 e. The molecule has 1 aromatic heterocycles. The smallest absolute Gasteiger partial charge is 0.240 e. The molecule has 0 bridgehead atoms. The van der Waals surface area contributed by atoms with Crippen molar-refractivity contribution in [1.29, 1.82) is 0 Å². The van der Waals surface area contributed by atoms with Gasteiger partial charge in [0.1, 0.15) is 23.2 Å². The summed E-state index contributed by atoms with van der Waals surface area (Å²) < 4.78 is 38.6. The molecule has 0 saturated carbocycles. The molecular formula is C21H31N5O4S. The minimum absolute atomic E-state index is 0.211. The number of nitrogens with zero attached hydrogens (tertiary/aromatic N) is 3. The lowest BCUT2D eigenvalue weighted by Gasteiger charge is -2.28. The number of hydrogen-bond donors (Lipinski definition) is 2. The number of aryl methyl sites for hydroxylation is 1. The van der Waals surface area contributed by atoms with E-state index in [0.717, 1.165) is 31.7 Å². The van der Waals surface area contributed by atoms with Crippen molar-refractivity contribution in [3.8, 4) is 5.75 Å². The molecular weight excluding hydrogens is 418 g/mol. The quantitative estimate of drug-likeness (QED) is 0.503. The lowest BCUT2D eigenvalue weighted by atomic mass is 10.3. The van der Waals surface area contributed by atoms with Crippen molar-refractivity contribution < 1.29 is 17.9 Å². The van der Waals surface area contributed by atoms with Gasteiger partial charge in [-0.3, -0.25) is 0 Å². The number of sulfonamides is 1. The zero-order chi connectivity index (χ0) is 22.1. The summed E-state index contributed by atoms with van der Waals surface area (Å²) in [5.41, 5.74) is 0. The van der Waals surface area contributed by atoms with Crippen molar-refractivity contribution in [3.05, 3.63) is 36.2 Å². The van der Waals surface area contributed by atoms with E-state index in [0.29, 0.717) is 43.8 Å². The van der Waals surface area contributed by atoms with Crippen LogP contribution in [0.3, 0.4) is 0 Å². The number of hydrogen-bond acceptors (Lipinski definition) is 8. The van der Waals surface area contributed by atoms with Gasteiger partial charge in [-0.15, -0.1) is 0 Å². The van der Waals surface area contributed by atoms with Gasteiger partial charge in [-0.2, -0.15) is 0 Å². The molecule has 10 heteroatoms. The molecule has 1 aliphatic rings. The molecule has 1 aliphatic heterocycles. The van der Waals surface area contributed by atoms with E-state index in [4.69, 9.17) is 9.47 Å². The molecule has 3 rings (SSSR count). The summed E-state index contributed by atoms with van der Waals surface area (Å²) in [6.07, 6.45) is 2.02. The average Bonchev–Trinajstić information content (AvgIpc) is 2.78. The highest BCUT2D eigenvalue weighted by atomic mass is 32.2. The summed E-state index contributed by atoms with van der Waals surface area (Å²) in [4.78, 5) is 11.2. The van der Waals surface area contributed by atoms with Crippen LogP contribution in [0.15, 0.2) is 35.2 Å². The van der Waals surface area contributed by atoms with Gasteiger partial charge in [0.25, 0.3) is 0 Å². The predicted molar refractivity (Wildman–Crippen MR) is 120 cm³/mol. The van der Waals surface area contributed by atoms with Gasteiger partial charge in [0.05, 0.1) is 24.7 Å². The maximum Gasteiger partial charge on any atom is 0.240 e. The fourth-order valence-corrected chi connectivity index (χ4v) is 4.14. The molecule has 2 aromatic rings. The Bertz CT molecular complexity index is 931. The monoisotopic (exact) mass is 449 g/mol. The van der Waals surface area contributed by atoms with E-state index in [1.807, 2.05) is 13.0 Å². The first-order valence-electron chi connectivity index (χ1n) is 10.6. The lowest BCUT2D eigenvalue weighted by Crippen LogP contribution is -2.37. The molecule has 1 fully saturated rings. The van der Waals surface area contributed by atoms with E-state index in [1.165, 1.54) is 0 Å². The van der Waals surface area contributed by atoms with E-state index in [1.54, 1.807) is 24.3 Å². The number of ether oxygens (including phenoxy) is 2. The summed E-state index contributed by atoms with van der Waals surface area (Å²) in [5.74, 6) is 2.85. The van der Waals surface area contributed by atoms with E-state index in [2.05, 4.69) is 31.8 Å². The van der Waals surface area contributed by atoms with Crippen LogP contribution in [0, 0.1) is 6.92 Å². The van der Waals surface area contributed by atoms with Crippen LogP contribution in [0.4, 0.5) is 11.6 Å². The molecule has 31 heavy (non-hydrogen) atoms. The molecule has 2 N–H and O–H groups in total. The maximum atomic E-state index is 12.5. The first kappa shape index (κ1) is 23.2. The normalized spacial score (nSPS) is 14.5. The van der Waals surface area contributed by atoms with Crippen molar-refractivity contribution in [3.63, 3.8) is 0 Å². The van der Waals surface area contributed by atoms with Crippen LogP contribution in [0.5, 0.6) is 5.75 Å². The topological polar surface area (TPSA) is 106 Å². The summed E-state index contributed by atoms with van der Waals surface area (Å²) >= 11 is 0. The molecule has 170 valence electrons. The second-order valence-corrected chi connectivity index (χ2v) is 9.02. The number of morpholine rings is 1. The minimum atomic E-state index is -3.59. The van der Waals surface area contributed by atoms with E-state index < -0.39 is 10.0 Å². The first-order chi connectivity index (χ1) is 15.0. The summed E-state index contributed by atoms with van der Waals surface area (Å²) in [6, 6.07) is 8.35. The molecule has 0 unspecified atom stereocenters. The highest BCUT2D eigenvalue weighted by Crippen LogP contribution is 2.18. The van der Waals surface area contributed by atoms with Crippen LogP contribution in [0.2, 0.25) is 0 Å². The van der Waals surface area contributed by atoms with E-state index >= 15 is 0 Å². The number of aromatic nitrogens is 2. The van der Waals surface area contributed by atoms with Gasteiger partial charge in [0.2, 0.25) is 10.0 Å². The van der Waals surface area contributed by atoms with Crippen LogP contribution in [0.25, 0.3) is 0 Å². The third-order valence-electron chi connectivity index (χ3n) is 4.78. The Morgan fingerprint density at radius 2 is 1.87 bits per heavy atom. The average molecular weight is 450 g/mol. The van der Waals surface area contributed by atoms with Crippen LogP contribution in [-0.2, 0) is 14.8 Å². The predicted octanol–water partition coefficient (Wildman–Crippen LogP) is 2.19. The van der Waals surface area contributed by atoms with Gasteiger partial charge >= 0.3 is 0 Å². The second kappa shape index (κ2) is 11.3. The number of rotatable bonds is 11. The Balaban J connectivity index is 1.50. The Morgan fingerprint density at radius 1 is 1.13 bits per heavy atom. The van der Waals surface area contributed by atoms with Crippen molar-refractivity contribution >= 4 is 21.7 Å². The molecule has 0 atom stereocenters. The molecule has 0 spiro atoms. The summed E-state index contributed by atoms with van der Waals surface area (Å²) in [5, 5.41) is 3.17. The fraction of sp³-hybridized carbons (Fsp3) is 0.524. The molecule has 0 amide bonds. The molecule has 9 nitrogen and oxygen atoms in total. The molecule has 2 heterocycles. The van der Waals surface area contributed by atoms with E-state index in [-0.39, 0.29) is 11.4 Å². The van der Waals surface area contributed by atoms with Crippen LogP contribution >= 0.6 is 0 Å². The third-order valence-corrected chi connectivity index (χ3v) is 6.26. The van der Waals surface area contributed by atoms with Crippen LogP contribution in [-0.4, -0.2) is 64.4 Å². The van der Waals surface area contributed by atoms with Crippen molar-refractivity contribution in [2.75, 3.05) is 56.2 Å². The molecule has 1 aromatic carbocycles. The number of benzene rings is 1. The SMILES string of the molecule is CCCCOc1ccc(S(=O)(=O)NCCNc2cc(N3CCOCC3)nc(C)n2)cc1. The van der Waals surface area contributed by atoms with Gasteiger partial charge in [0.15, 0.2) is 0 Å². The second-order valence-electron chi connectivity index (χ2n) is 7.26. The van der Waals surface area contributed by atoms with Crippen molar-refractivity contribution in [2.45, 2.75) is 31.6 Å². The first-order valence-corrected chi connectivity index (χ1v) is 12.1. The Hall–Kier alpha value is -2.43. The largest absolute Gasteiger partial charge is 0.494 e. The van der Waals surface area contributed by atoms with Gasteiger partial charge in [-0.1, -0.05) is 13.3 Å². The molecule has 0 radical (unpaired) electrons. The number of nitrogens with one attached hydrogen (secondary N) is 2. The van der Waals surface area contributed by atoms with Crippen molar-refractivity contribution in [2.24, 2.45) is 0 Å². The Labute approximate surface area is 184 Å². The van der Waals surface area contributed by atoms with Crippen molar-refractivity contribution in [1.82, 2.24) is 14.7 Å². The van der Waals surface area contributed by atoms with Gasteiger partial charge in [-0.05, 0) is 37.6 Å². The van der Waals surface area contributed by atoms with Crippen LogP contribution in [0.1, 0.15) is 25.6 Å². The highest BCUT2D eigenvalue weighted by Gasteiger charge is 2.15.